The SMILES string of the molecule is O=C(Nc1cccnc1)C1CCCN(S(=O)(=O)c2cccnc2)C1. The predicted molar refractivity (Wildman–Crippen MR) is 88.6 cm³/mol. The van der Waals surface area contributed by atoms with Crippen molar-refractivity contribution in [2.45, 2.75) is 17.7 Å². The normalized spacial score (nSPS) is 18.9. The van der Waals surface area contributed by atoms with Gasteiger partial charge in [0.2, 0.25) is 15.9 Å². The molecular formula is C16H18N4O3S. The molecule has 7 nitrogen and oxygen atoms in total. The van der Waals surface area contributed by atoms with Gasteiger partial charge in [-0.05, 0) is 37.1 Å². The summed E-state index contributed by atoms with van der Waals surface area (Å²) < 4.78 is 26.7. The van der Waals surface area contributed by atoms with Crippen LogP contribution in [0.1, 0.15) is 12.8 Å². The molecule has 0 aliphatic carbocycles. The molecule has 0 aromatic carbocycles. The van der Waals surface area contributed by atoms with Gasteiger partial charge in [-0.25, -0.2) is 8.42 Å². The lowest BCUT2D eigenvalue weighted by Crippen LogP contribution is -2.43. The Hall–Kier alpha value is -2.32. The van der Waals surface area contributed by atoms with Gasteiger partial charge >= 0.3 is 0 Å². The fourth-order valence-corrected chi connectivity index (χ4v) is 4.19. The maximum absolute atomic E-state index is 12.7. The third kappa shape index (κ3) is 3.60. The number of nitrogens with one attached hydrogen (secondary N) is 1. The van der Waals surface area contributed by atoms with Gasteiger partial charge in [-0.15, -0.1) is 0 Å². The van der Waals surface area contributed by atoms with E-state index in [9.17, 15) is 13.2 Å². The number of nitrogens with zero attached hydrogens (tertiary/aromatic N) is 3. The van der Waals surface area contributed by atoms with Crippen LogP contribution in [-0.4, -0.2) is 41.7 Å². The van der Waals surface area contributed by atoms with Gasteiger partial charge in [0.1, 0.15) is 4.90 Å². The van der Waals surface area contributed by atoms with E-state index in [0.29, 0.717) is 25.1 Å². The number of sulfonamides is 1. The lowest BCUT2D eigenvalue weighted by molar-refractivity contribution is -0.120. The summed E-state index contributed by atoms with van der Waals surface area (Å²) in [5.74, 6) is -0.570. The molecule has 0 radical (unpaired) electrons. The molecule has 1 fully saturated rings. The molecule has 1 unspecified atom stereocenters. The van der Waals surface area contributed by atoms with Gasteiger partial charge in [-0.3, -0.25) is 14.8 Å². The number of hydrogen-bond acceptors (Lipinski definition) is 5. The zero-order valence-electron chi connectivity index (χ0n) is 13.0. The van der Waals surface area contributed by atoms with Gasteiger partial charge in [0.25, 0.3) is 0 Å². The molecule has 8 heteroatoms. The van der Waals surface area contributed by atoms with Gasteiger partial charge in [-0.2, -0.15) is 4.31 Å². The first-order valence-corrected chi connectivity index (χ1v) is 9.12. The van der Waals surface area contributed by atoms with Crippen molar-refractivity contribution in [2.24, 2.45) is 5.92 Å². The maximum atomic E-state index is 12.7. The molecule has 1 atom stereocenters. The van der Waals surface area contributed by atoms with Gasteiger partial charge in [0.05, 0.1) is 17.8 Å². The molecule has 2 aromatic rings. The van der Waals surface area contributed by atoms with Crippen molar-refractivity contribution in [3.05, 3.63) is 49.1 Å². The number of amides is 1. The first kappa shape index (κ1) is 16.5. The predicted octanol–water partition coefficient (Wildman–Crippen LogP) is 1.52. The van der Waals surface area contributed by atoms with E-state index in [1.54, 1.807) is 30.6 Å². The molecule has 3 heterocycles. The summed E-state index contributed by atoms with van der Waals surface area (Å²) in [7, 11) is -3.62. The zero-order chi connectivity index (χ0) is 17.0. The summed E-state index contributed by atoms with van der Waals surface area (Å²) in [5, 5.41) is 2.79. The van der Waals surface area contributed by atoms with Crippen LogP contribution in [0.5, 0.6) is 0 Å². The lowest BCUT2D eigenvalue weighted by Gasteiger charge is -2.31. The summed E-state index contributed by atoms with van der Waals surface area (Å²) in [4.78, 5) is 20.4. The molecule has 1 aliphatic heterocycles. The Morgan fingerprint density at radius 2 is 1.92 bits per heavy atom. The molecule has 1 amide bonds. The zero-order valence-corrected chi connectivity index (χ0v) is 13.8. The minimum absolute atomic E-state index is 0.151. The van der Waals surface area contributed by atoms with E-state index < -0.39 is 10.0 Å². The van der Waals surface area contributed by atoms with Crippen LogP contribution in [0.25, 0.3) is 0 Å². The Morgan fingerprint density at radius 1 is 1.17 bits per heavy atom. The Labute approximate surface area is 140 Å². The number of rotatable bonds is 4. The molecule has 0 bridgehead atoms. The van der Waals surface area contributed by atoms with Gasteiger partial charge < -0.3 is 5.32 Å². The van der Waals surface area contributed by atoms with Crippen molar-refractivity contribution in [2.75, 3.05) is 18.4 Å². The highest BCUT2D eigenvalue weighted by Crippen LogP contribution is 2.24. The summed E-state index contributed by atoms with van der Waals surface area (Å²) in [6, 6.07) is 6.58. The van der Waals surface area contributed by atoms with Crippen LogP contribution in [0.4, 0.5) is 5.69 Å². The molecule has 126 valence electrons. The van der Waals surface area contributed by atoms with E-state index in [0.717, 1.165) is 0 Å². The highest BCUT2D eigenvalue weighted by Gasteiger charge is 2.33. The Kier molecular flexibility index (Phi) is 4.86. The average molecular weight is 346 g/mol. The fourth-order valence-electron chi connectivity index (χ4n) is 2.70. The molecule has 3 rings (SSSR count). The first-order valence-electron chi connectivity index (χ1n) is 7.68. The summed E-state index contributed by atoms with van der Waals surface area (Å²) in [5.41, 5.74) is 0.606. The summed E-state index contributed by atoms with van der Waals surface area (Å²) >= 11 is 0. The van der Waals surface area contributed by atoms with Crippen molar-refractivity contribution in [1.82, 2.24) is 14.3 Å². The van der Waals surface area contributed by atoms with Gasteiger partial charge in [0.15, 0.2) is 0 Å². The molecule has 1 aliphatic rings. The molecule has 0 spiro atoms. The van der Waals surface area contributed by atoms with E-state index in [-0.39, 0.29) is 23.3 Å². The quantitative estimate of drug-likeness (QED) is 0.906. The average Bonchev–Trinajstić information content (AvgIpc) is 2.63. The largest absolute Gasteiger partial charge is 0.324 e. The topological polar surface area (TPSA) is 92.3 Å². The van der Waals surface area contributed by atoms with Crippen LogP contribution >= 0.6 is 0 Å². The summed E-state index contributed by atoms with van der Waals surface area (Å²) in [6.45, 7) is 0.581. The standard InChI is InChI=1S/C16H18N4O3S/c21-16(19-14-5-1-7-17-10-14)13-4-3-9-20(12-13)24(22,23)15-6-2-8-18-11-15/h1-2,5-8,10-11,13H,3-4,9,12H2,(H,19,21). The first-order chi connectivity index (χ1) is 11.6. The van der Waals surface area contributed by atoms with Gasteiger partial charge in [0, 0.05) is 31.7 Å². The maximum Gasteiger partial charge on any atom is 0.244 e. The second-order valence-electron chi connectivity index (χ2n) is 5.62. The van der Waals surface area contributed by atoms with Crippen LogP contribution < -0.4 is 5.32 Å². The number of hydrogen-bond donors (Lipinski definition) is 1. The number of anilines is 1. The van der Waals surface area contributed by atoms with Crippen molar-refractivity contribution < 1.29 is 13.2 Å². The highest BCUT2D eigenvalue weighted by molar-refractivity contribution is 7.89. The third-order valence-corrected chi connectivity index (χ3v) is 5.80. The Bertz CT molecular complexity index is 797. The summed E-state index contributed by atoms with van der Waals surface area (Å²) in [6.07, 6.45) is 7.34. The fraction of sp³-hybridized carbons (Fsp3) is 0.312. The number of carbonyl (C=O) groups is 1. The van der Waals surface area contributed by atoms with Gasteiger partial charge in [-0.1, -0.05) is 0 Å². The van der Waals surface area contributed by atoms with Crippen LogP contribution in [0, 0.1) is 5.92 Å². The number of piperidine rings is 1. The van der Waals surface area contributed by atoms with E-state index in [1.807, 2.05) is 0 Å². The number of aromatic nitrogens is 2. The van der Waals surface area contributed by atoms with E-state index in [2.05, 4.69) is 15.3 Å². The highest BCUT2D eigenvalue weighted by atomic mass is 32.2. The minimum Gasteiger partial charge on any atom is -0.324 e. The Balaban J connectivity index is 1.71. The van der Waals surface area contributed by atoms with Crippen LogP contribution in [-0.2, 0) is 14.8 Å². The molecular weight excluding hydrogens is 328 g/mol. The van der Waals surface area contributed by atoms with Crippen LogP contribution in [0.3, 0.4) is 0 Å². The second-order valence-corrected chi connectivity index (χ2v) is 7.56. The van der Waals surface area contributed by atoms with E-state index >= 15 is 0 Å². The van der Waals surface area contributed by atoms with Crippen LogP contribution in [0.15, 0.2) is 53.9 Å². The van der Waals surface area contributed by atoms with Crippen molar-refractivity contribution in [3.8, 4) is 0 Å². The van der Waals surface area contributed by atoms with Crippen molar-refractivity contribution in [1.29, 1.82) is 0 Å². The monoisotopic (exact) mass is 346 g/mol. The lowest BCUT2D eigenvalue weighted by atomic mass is 9.99. The smallest absolute Gasteiger partial charge is 0.244 e. The number of pyridine rings is 2. The number of carbonyl (C=O) groups excluding carboxylic acids is 1. The third-order valence-electron chi connectivity index (χ3n) is 3.96. The molecule has 2 aromatic heterocycles. The molecule has 1 saturated heterocycles. The second kappa shape index (κ2) is 7.06. The molecule has 0 saturated carbocycles. The van der Waals surface area contributed by atoms with Crippen LogP contribution in [0.2, 0.25) is 0 Å². The molecule has 1 N–H and O–H groups in total. The van der Waals surface area contributed by atoms with Crippen molar-refractivity contribution >= 4 is 21.6 Å². The minimum atomic E-state index is -3.62. The van der Waals surface area contributed by atoms with E-state index in [1.165, 1.54) is 22.8 Å². The van der Waals surface area contributed by atoms with Crippen molar-refractivity contribution in [3.63, 3.8) is 0 Å². The van der Waals surface area contributed by atoms with E-state index in [4.69, 9.17) is 0 Å². The molecule has 24 heavy (non-hydrogen) atoms. The Morgan fingerprint density at radius 3 is 2.58 bits per heavy atom.